The van der Waals surface area contributed by atoms with Gasteiger partial charge < -0.3 is 19.5 Å². The van der Waals surface area contributed by atoms with Crippen LogP contribution in [0.2, 0.25) is 0 Å². The van der Waals surface area contributed by atoms with Crippen LogP contribution in [0, 0.1) is 0 Å². The van der Waals surface area contributed by atoms with Crippen LogP contribution in [-0.4, -0.2) is 30.5 Å². The summed E-state index contributed by atoms with van der Waals surface area (Å²) in [6.45, 7) is 14.9. The first-order chi connectivity index (χ1) is 12.4. The van der Waals surface area contributed by atoms with E-state index in [1.165, 1.54) is 6.92 Å². The molecule has 0 unspecified atom stereocenters. The molecule has 1 amide bonds. The Balaban J connectivity index is 2.67. The summed E-state index contributed by atoms with van der Waals surface area (Å²) in [6.07, 6.45) is -0.667. The van der Waals surface area contributed by atoms with Gasteiger partial charge in [-0.25, -0.2) is 9.59 Å². The number of alkyl carbamates (subject to hydrolysis) is 1. The molecule has 0 aromatic heterocycles. The Morgan fingerprint density at radius 3 is 1.96 bits per heavy atom. The quantitative estimate of drug-likeness (QED) is 0.548. The van der Waals surface area contributed by atoms with Gasteiger partial charge in [-0.1, -0.05) is 45.9 Å². The zero-order chi connectivity index (χ0) is 20.8. The third-order valence-electron chi connectivity index (χ3n) is 3.81. The molecule has 0 fully saturated rings. The topological polar surface area (TPSA) is 73.9 Å². The number of hydrogen-bond acceptors (Lipinski definition) is 5. The molecule has 1 rings (SSSR count). The summed E-state index contributed by atoms with van der Waals surface area (Å²) < 4.78 is 16.1. The van der Waals surface area contributed by atoms with Gasteiger partial charge in [-0.3, -0.25) is 0 Å². The van der Waals surface area contributed by atoms with Gasteiger partial charge in [0.15, 0.2) is 0 Å². The second-order valence-electron chi connectivity index (χ2n) is 8.17. The van der Waals surface area contributed by atoms with Gasteiger partial charge in [0.25, 0.3) is 0 Å². The minimum absolute atomic E-state index is 0.220. The first-order valence-corrected chi connectivity index (χ1v) is 9.34. The highest BCUT2D eigenvalue weighted by atomic mass is 16.7. The van der Waals surface area contributed by atoms with Gasteiger partial charge in [0.2, 0.25) is 6.79 Å². The molecule has 0 radical (unpaired) electrons. The molecule has 1 aromatic rings. The molecule has 27 heavy (non-hydrogen) atoms. The lowest BCUT2D eigenvalue weighted by molar-refractivity contribution is -0.152. The van der Waals surface area contributed by atoms with E-state index in [2.05, 4.69) is 33.0 Å². The van der Waals surface area contributed by atoms with E-state index in [4.69, 9.17) is 14.2 Å². The Hall–Kier alpha value is -2.24. The van der Waals surface area contributed by atoms with Gasteiger partial charge in [-0.05, 0) is 50.7 Å². The zero-order valence-electron chi connectivity index (χ0n) is 17.7. The Morgan fingerprint density at radius 2 is 1.52 bits per heavy atom. The van der Waals surface area contributed by atoms with Crippen LogP contribution in [-0.2, 0) is 14.3 Å². The normalized spacial score (nSPS) is 12.7. The maximum Gasteiger partial charge on any atom is 0.408 e. The number of ether oxygens (including phenoxy) is 3. The number of rotatable bonds is 7. The van der Waals surface area contributed by atoms with Gasteiger partial charge in [-0.15, -0.1) is 0 Å². The maximum absolute atomic E-state index is 12.1. The molecule has 6 nitrogen and oxygen atoms in total. The third kappa shape index (κ3) is 7.49. The van der Waals surface area contributed by atoms with Crippen molar-refractivity contribution in [3.63, 3.8) is 0 Å². The highest BCUT2D eigenvalue weighted by Gasteiger charge is 2.22. The molecule has 1 N–H and O–H groups in total. The Morgan fingerprint density at radius 1 is 1.00 bits per heavy atom. The van der Waals surface area contributed by atoms with Gasteiger partial charge in [0.05, 0.1) is 0 Å². The van der Waals surface area contributed by atoms with Gasteiger partial charge in [0.1, 0.15) is 17.4 Å². The SMILES string of the molecule is CC(C)c1cccc(C(C)C)c1OCOC(=O)[C@H](C)NC(=O)OC(C)(C)C. The summed E-state index contributed by atoms with van der Waals surface area (Å²) in [7, 11) is 0. The summed E-state index contributed by atoms with van der Waals surface area (Å²) in [6, 6.07) is 5.20. The van der Waals surface area contributed by atoms with E-state index in [0.717, 1.165) is 16.9 Å². The van der Waals surface area contributed by atoms with Crippen molar-refractivity contribution in [3.8, 4) is 5.75 Å². The number of hydrogen-bond donors (Lipinski definition) is 1. The van der Waals surface area contributed by atoms with E-state index in [1.807, 2.05) is 18.2 Å². The van der Waals surface area contributed by atoms with Crippen molar-refractivity contribution < 1.29 is 23.8 Å². The molecule has 0 aliphatic carbocycles. The summed E-state index contributed by atoms with van der Waals surface area (Å²) in [4.78, 5) is 23.8. The van der Waals surface area contributed by atoms with Crippen molar-refractivity contribution in [3.05, 3.63) is 29.3 Å². The molecule has 0 spiro atoms. The van der Waals surface area contributed by atoms with Crippen molar-refractivity contribution in [1.29, 1.82) is 0 Å². The number of nitrogens with one attached hydrogen (secondary N) is 1. The second kappa shape index (κ2) is 9.62. The fourth-order valence-electron chi connectivity index (χ4n) is 2.46. The summed E-state index contributed by atoms with van der Waals surface area (Å²) in [5, 5.41) is 2.45. The predicted molar refractivity (Wildman–Crippen MR) is 105 cm³/mol. The Kier molecular flexibility index (Phi) is 8.13. The molecule has 6 heteroatoms. The van der Waals surface area contributed by atoms with E-state index >= 15 is 0 Å². The number of amides is 1. The predicted octanol–water partition coefficient (Wildman–Crippen LogP) is 4.73. The van der Waals surface area contributed by atoms with Gasteiger partial charge >= 0.3 is 12.1 Å². The molecule has 1 aromatic carbocycles. The molecular formula is C21H33NO5. The smallest absolute Gasteiger partial charge is 0.408 e. The Labute approximate surface area is 162 Å². The van der Waals surface area contributed by atoms with Gasteiger partial charge in [0, 0.05) is 0 Å². The molecule has 0 bridgehead atoms. The van der Waals surface area contributed by atoms with E-state index in [-0.39, 0.29) is 18.6 Å². The van der Waals surface area contributed by atoms with Crippen LogP contribution in [0.1, 0.15) is 78.4 Å². The van der Waals surface area contributed by atoms with Crippen molar-refractivity contribution in [2.75, 3.05) is 6.79 Å². The average Bonchev–Trinajstić information content (AvgIpc) is 2.52. The maximum atomic E-state index is 12.1. The zero-order valence-corrected chi connectivity index (χ0v) is 17.7. The molecule has 0 heterocycles. The summed E-state index contributed by atoms with van der Waals surface area (Å²) in [5.41, 5.74) is 1.50. The molecule has 0 saturated carbocycles. The first-order valence-electron chi connectivity index (χ1n) is 9.34. The van der Waals surface area contributed by atoms with Crippen molar-refractivity contribution in [1.82, 2.24) is 5.32 Å². The van der Waals surface area contributed by atoms with Crippen molar-refractivity contribution in [2.45, 2.75) is 78.9 Å². The highest BCUT2D eigenvalue weighted by molar-refractivity contribution is 5.80. The van der Waals surface area contributed by atoms with Crippen LogP contribution in [0.3, 0.4) is 0 Å². The standard InChI is InChI=1S/C21H33NO5/c1-13(2)16-10-9-11-17(14(3)4)18(16)25-12-26-19(23)15(5)22-20(24)27-21(6,7)8/h9-11,13-15H,12H2,1-8H3,(H,22,24)/t15-/m0/s1. The van der Waals surface area contributed by atoms with E-state index in [0.29, 0.717) is 0 Å². The monoisotopic (exact) mass is 379 g/mol. The number of carbonyl (C=O) groups is 2. The van der Waals surface area contributed by atoms with Gasteiger partial charge in [-0.2, -0.15) is 0 Å². The number of benzene rings is 1. The number of carbonyl (C=O) groups excluding carboxylic acids is 2. The van der Waals surface area contributed by atoms with Crippen LogP contribution in [0.5, 0.6) is 5.75 Å². The molecule has 0 aliphatic heterocycles. The van der Waals surface area contributed by atoms with Crippen LogP contribution < -0.4 is 10.1 Å². The van der Waals surface area contributed by atoms with Crippen LogP contribution in [0.4, 0.5) is 4.79 Å². The highest BCUT2D eigenvalue weighted by Crippen LogP contribution is 2.34. The van der Waals surface area contributed by atoms with Crippen LogP contribution >= 0.6 is 0 Å². The van der Waals surface area contributed by atoms with Crippen molar-refractivity contribution >= 4 is 12.1 Å². The minimum atomic E-state index is -0.839. The third-order valence-corrected chi connectivity index (χ3v) is 3.81. The van der Waals surface area contributed by atoms with Crippen molar-refractivity contribution in [2.24, 2.45) is 0 Å². The molecule has 152 valence electrons. The minimum Gasteiger partial charge on any atom is -0.457 e. The Bertz CT molecular complexity index is 620. The van der Waals surface area contributed by atoms with Crippen LogP contribution in [0.15, 0.2) is 18.2 Å². The molecule has 0 saturated heterocycles. The lowest BCUT2D eigenvalue weighted by atomic mass is 9.94. The fraction of sp³-hybridized carbons (Fsp3) is 0.619. The lowest BCUT2D eigenvalue weighted by Gasteiger charge is -2.22. The fourth-order valence-corrected chi connectivity index (χ4v) is 2.46. The average molecular weight is 379 g/mol. The summed E-state index contributed by atoms with van der Waals surface area (Å²) >= 11 is 0. The number of para-hydroxylation sites is 1. The molecule has 1 atom stereocenters. The van der Waals surface area contributed by atoms with Crippen LogP contribution in [0.25, 0.3) is 0 Å². The van der Waals surface area contributed by atoms with E-state index < -0.39 is 23.7 Å². The number of esters is 1. The van der Waals surface area contributed by atoms with E-state index in [9.17, 15) is 9.59 Å². The van der Waals surface area contributed by atoms with E-state index in [1.54, 1.807) is 20.8 Å². The first kappa shape index (κ1) is 22.8. The molecular weight excluding hydrogens is 346 g/mol. The lowest BCUT2D eigenvalue weighted by Crippen LogP contribution is -2.42. The largest absolute Gasteiger partial charge is 0.457 e. The second-order valence-corrected chi connectivity index (χ2v) is 8.17. The molecule has 0 aliphatic rings. The summed E-state index contributed by atoms with van der Waals surface area (Å²) in [5.74, 6) is 0.723.